The summed E-state index contributed by atoms with van der Waals surface area (Å²) in [6.45, 7) is 1.01. The minimum absolute atomic E-state index is 0.553. The summed E-state index contributed by atoms with van der Waals surface area (Å²) in [6.07, 6.45) is 5.98. The molecule has 0 aromatic carbocycles. The molecule has 0 unspecified atom stereocenters. The van der Waals surface area contributed by atoms with Gasteiger partial charge in [0.2, 0.25) is 0 Å². The molecule has 0 amide bonds. The van der Waals surface area contributed by atoms with E-state index in [0.717, 1.165) is 6.61 Å². The Bertz CT molecular complexity index is 114. The minimum Gasteiger partial charge on any atom is -0.377 e. The van der Waals surface area contributed by atoms with Crippen LogP contribution in [0.3, 0.4) is 0 Å². The van der Waals surface area contributed by atoms with Crippen LogP contribution < -0.4 is 0 Å². The van der Waals surface area contributed by atoms with E-state index in [9.17, 15) is 0 Å². The number of alkyl halides is 1. The highest BCUT2D eigenvalue weighted by molar-refractivity contribution is 14.1. The van der Waals surface area contributed by atoms with Gasteiger partial charge >= 0.3 is 0 Å². The van der Waals surface area contributed by atoms with Gasteiger partial charge in [-0.25, -0.2) is 0 Å². The van der Waals surface area contributed by atoms with Gasteiger partial charge in [-0.05, 0) is 25.7 Å². The van der Waals surface area contributed by atoms with Gasteiger partial charge in [0.1, 0.15) is 0 Å². The minimum atomic E-state index is 0.553. The lowest BCUT2D eigenvalue weighted by Crippen LogP contribution is -2.24. The van der Waals surface area contributed by atoms with Crippen molar-refractivity contribution < 1.29 is 4.74 Å². The largest absolute Gasteiger partial charge is 0.377 e. The van der Waals surface area contributed by atoms with Crippen LogP contribution in [0.1, 0.15) is 25.7 Å². The third kappa shape index (κ3) is 0.909. The van der Waals surface area contributed by atoms with Crippen LogP contribution in [-0.4, -0.2) is 16.1 Å². The van der Waals surface area contributed by atoms with Crippen molar-refractivity contribution in [3.8, 4) is 0 Å². The molecule has 2 aliphatic rings. The zero-order valence-electron chi connectivity index (χ0n) is 5.40. The summed E-state index contributed by atoms with van der Waals surface area (Å²) in [5.41, 5.74) is 0. The van der Waals surface area contributed by atoms with E-state index in [2.05, 4.69) is 22.6 Å². The first-order valence-corrected chi connectivity index (χ1v) is 4.70. The molecule has 0 aromatic rings. The number of ether oxygens (including phenoxy) is 1. The molecule has 1 saturated heterocycles. The van der Waals surface area contributed by atoms with Crippen LogP contribution in [0.25, 0.3) is 0 Å². The normalized spacial score (nSPS) is 49.7. The fourth-order valence-corrected chi connectivity index (χ4v) is 2.98. The summed E-state index contributed by atoms with van der Waals surface area (Å²) in [5, 5.41) is 0. The summed E-state index contributed by atoms with van der Waals surface area (Å²) in [7, 11) is 0. The molecule has 1 aliphatic heterocycles. The summed E-state index contributed by atoms with van der Waals surface area (Å²) >= 11 is 2.59. The average molecular weight is 238 g/mol. The first-order chi connectivity index (χ1) is 4.31. The number of fused-ring (bicyclic) bond motifs is 1. The van der Waals surface area contributed by atoms with Crippen LogP contribution in [0, 0.1) is 0 Å². The van der Waals surface area contributed by atoms with Crippen molar-refractivity contribution in [2.75, 3.05) is 6.61 Å². The Kier molecular flexibility index (Phi) is 1.49. The predicted octanol–water partition coefficient (Wildman–Crippen LogP) is 2.13. The summed E-state index contributed by atoms with van der Waals surface area (Å²) < 4.78 is 6.13. The first-order valence-electron chi connectivity index (χ1n) is 3.62. The maximum Gasteiger partial charge on any atom is 0.0721 e. The molecule has 0 bridgehead atoms. The molecule has 0 radical (unpaired) electrons. The van der Waals surface area contributed by atoms with E-state index in [1.54, 1.807) is 0 Å². The second kappa shape index (κ2) is 2.09. The van der Waals surface area contributed by atoms with E-state index < -0.39 is 0 Å². The van der Waals surface area contributed by atoms with Gasteiger partial charge in [0.15, 0.2) is 0 Å². The Morgan fingerprint density at radius 1 is 1.44 bits per heavy atom. The molecular formula is C7H11IO. The van der Waals surface area contributed by atoms with Crippen LogP contribution in [0.2, 0.25) is 0 Å². The second-order valence-electron chi connectivity index (χ2n) is 3.04. The standard InChI is InChI=1S/C7H11IO/c8-7-3-1-2-6(7)9-5-4-7/h6H,1-5H2/t6-,7-/m0/s1. The van der Waals surface area contributed by atoms with Crippen LogP contribution in [-0.2, 0) is 4.74 Å². The first kappa shape index (κ1) is 6.40. The molecule has 52 valence electrons. The fourth-order valence-electron chi connectivity index (χ4n) is 1.89. The molecule has 9 heavy (non-hydrogen) atoms. The van der Waals surface area contributed by atoms with Gasteiger partial charge in [-0.15, -0.1) is 0 Å². The Balaban J connectivity index is 2.17. The van der Waals surface area contributed by atoms with Gasteiger partial charge in [-0.3, -0.25) is 0 Å². The Hall–Kier alpha value is 0.690. The van der Waals surface area contributed by atoms with Crippen LogP contribution in [0.15, 0.2) is 0 Å². The smallest absolute Gasteiger partial charge is 0.0721 e. The number of rotatable bonds is 0. The summed E-state index contributed by atoms with van der Waals surface area (Å²) in [5.74, 6) is 0. The topological polar surface area (TPSA) is 9.23 Å². The molecule has 0 N–H and O–H groups in total. The molecule has 0 aromatic heterocycles. The Labute approximate surface area is 69.3 Å². The second-order valence-corrected chi connectivity index (χ2v) is 5.18. The van der Waals surface area contributed by atoms with E-state index >= 15 is 0 Å². The van der Waals surface area contributed by atoms with Crippen LogP contribution in [0.4, 0.5) is 0 Å². The van der Waals surface area contributed by atoms with Crippen LogP contribution in [0.5, 0.6) is 0 Å². The lowest BCUT2D eigenvalue weighted by atomic mass is 10.1. The number of hydrogen-bond acceptors (Lipinski definition) is 1. The SMILES string of the molecule is I[C@]12CCC[C@@H]1OCC2. The third-order valence-corrected chi connectivity index (χ3v) is 4.25. The summed E-state index contributed by atoms with van der Waals surface area (Å²) in [4.78, 5) is 0. The van der Waals surface area contributed by atoms with Crippen molar-refractivity contribution in [1.29, 1.82) is 0 Å². The van der Waals surface area contributed by atoms with Gasteiger partial charge in [0.05, 0.1) is 9.53 Å². The van der Waals surface area contributed by atoms with Crippen molar-refractivity contribution in [2.24, 2.45) is 0 Å². The molecule has 1 saturated carbocycles. The number of hydrogen-bond donors (Lipinski definition) is 0. The fraction of sp³-hybridized carbons (Fsp3) is 1.00. The Morgan fingerprint density at radius 2 is 2.33 bits per heavy atom. The molecule has 1 heterocycles. The zero-order chi connectivity index (χ0) is 6.32. The molecular weight excluding hydrogens is 227 g/mol. The molecule has 2 fully saturated rings. The van der Waals surface area contributed by atoms with Crippen molar-refractivity contribution in [1.82, 2.24) is 0 Å². The molecule has 2 atom stereocenters. The van der Waals surface area contributed by atoms with E-state index in [-0.39, 0.29) is 0 Å². The van der Waals surface area contributed by atoms with Crippen molar-refractivity contribution in [3.05, 3.63) is 0 Å². The highest BCUT2D eigenvalue weighted by Crippen LogP contribution is 2.46. The summed E-state index contributed by atoms with van der Waals surface area (Å²) in [6, 6.07) is 0. The van der Waals surface area contributed by atoms with Crippen molar-refractivity contribution in [2.45, 2.75) is 35.2 Å². The highest BCUT2D eigenvalue weighted by Gasteiger charge is 2.45. The van der Waals surface area contributed by atoms with E-state index in [1.807, 2.05) is 0 Å². The van der Waals surface area contributed by atoms with Gasteiger partial charge < -0.3 is 4.74 Å². The van der Waals surface area contributed by atoms with E-state index in [4.69, 9.17) is 4.74 Å². The van der Waals surface area contributed by atoms with Crippen LogP contribution >= 0.6 is 22.6 Å². The molecule has 2 heteroatoms. The lowest BCUT2D eigenvalue weighted by molar-refractivity contribution is 0.110. The van der Waals surface area contributed by atoms with E-state index in [1.165, 1.54) is 25.7 Å². The van der Waals surface area contributed by atoms with E-state index in [0.29, 0.717) is 9.53 Å². The van der Waals surface area contributed by atoms with Gasteiger partial charge in [-0.1, -0.05) is 22.6 Å². The predicted molar refractivity (Wildman–Crippen MR) is 45.0 cm³/mol. The maximum atomic E-state index is 5.57. The molecule has 2 rings (SSSR count). The maximum absolute atomic E-state index is 5.57. The Morgan fingerprint density at radius 3 is 3.11 bits per heavy atom. The molecule has 1 nitrogen and oxygen atoms in total. The van der Waals surface area contributed by atoms with Gasteiger partial charge in [-0.2, -0.15) is 0 Å². The zero-order valence-corrected chi connectivity index (χ0v) is 7.56. The third-order valence-electron chi connectivity index (χ3n) is 2.47. The van der Waals surface area contributed by atoms with Crippen molar-refractivity contribution in [3.63, 3.8) is 0 Å². The highest BCUT2D eigenvalue weighted by atomic mass is 127. The van der Waals surface area contributed by atoms with Gasteiger partial charge in [0, 0.05) is 6.61 Å². The van der Waals surface area contributed by atoms with Crippen molar-refractivity contribution >= 4 is 22.6 Å². The molecule has 1 aliphatic carbocycles. The molecule has 0 spiro atoms. The lowest BCUT2D eigenvalue weighted by Gasteiger charge is -2.18. The quantitative estimate of drug-likeness (QED) is 0.464. The van der Waals surface area contributed by atoms with Gasteiger partial charge in [0.25, 0.3) is 0 Å². The monoisotopic (exact) mass is 238 g/mol. The number of halogens is 1. The average Bonchev–Trinajstić information content (AvgIpc) is 2.22.